The normalized spacial score (nSPS) is 13.3. The second kappa shape index (κ2) is 23.7. The molecule has 27 heteroatoms. The Bertz CT molecular complexity index is 2600. The number of hydrogen-bond acceptors (Lipinski definition) is 1. The highest BCUT2D eigenvalue weighted by molar-refractivity contribution is 7.20. The smallest absolute Gasteiger partial charge is 0.416 e. The van der Waals surface area contributed by atoms with Crippen molar-refractivity contribution < 1.29 is 133 Å². The van der Waals surface area contributed by atoms with Crippen LogP contribution in [-0.2, 0) is 49.4 Å². The van der Waals surface area contributed by atoms with E-state index >= 15 is 0 Å². The van der Waals surface area contributed by atoms with Crippen molar-refractivity contribution in [2.75, 3.05) is 6.61 Å². The van der Waals surface area contributed by atoms with Crippen LogP contribution in [0.25, 0.3) is 11.1 Å². The first kappa shape index (κ1) is 64.1. The van der Waals surface area contributed by atoms with E-state index in [4.69, 9.17) is 4.74 Å². The molecule has 0 N–H and O–H groups in total. The minimum absolute atomic E-state index is 0.691. The summed E-state index contributed by atoms with van der Waals surface area (Å²) in [5.74, 6) is 1.00. The van der Waals surface area contributed by atoms with Crippen molar-refractivity contribution in [3.05, 3.63) is 169 Å². The Hall–Kier alpha value is -5.77. The van der Waals surface area contributed by atoms with E-state index < -0.39 is 195 Å². The average Bonchev–Trinajstić information content (AvgIpc) is 3.39. The molecule has 0 heterocycles. The van der Waals surface area contributed by atoms with Crippen LogP contribution in [0.2, 0.25) is 0 Å². The van der Waals surface area contributed by atoms with Crippen molar-refractivity contribution >= 4 is 28.0 Å². The number of unbranched alkanes of at least 4 members (excludes halogenated alkanes) is 5. The molecule has 0 fully saturated rings. The highest BCUT2D eigenvalue weighted by atomic mass is 127. The molecule has 0 amide bonds. The lowest BCUT2D eigenvalue weighted by Crippen LogP contribution is -3.34. The maximum absolute atomic E-state index is 14.2. The number of alkyl halides is 24. The van der Waals surface area contributed by atoms with Crippen molar-refractivity contribution in [2.24, 2.45) is 0 Å². The van der Waals surface area contributed by atoms with Crippen LogP contribution in [0.3, 0.4) is 0 Å². The molecule has 0 saturated heterocycles. The molecule has 79 heavy (non-hydrogen) atoms. The van der Waals surface area contributed by atoms with Gasteiger partial charge in [0.25, 0.3) is 22.6 Å². The lowest BCUT2D eigenvalue weighted by molar-refractivity contribution is -0.328. The van der Waals surface area contributed by atoms with Crippen LogP contribution in [0.1, 0.15) is 90.0 Å². The summed E-state index contributed by atoms with van der Waals surface area (Å²) in [6, 6.07) is 8.19. The van der Waals surface area contributed by atoms with Crippen molar-refractivity contribution in [3.8, 4) is 16.9 Å². The summed E-state index contributed by atoms with van der Waals surface area (Å²) in [5, 5.41) is 0. The molecule has 6 aromatic carbocycles. The summed E-state index contributed by atoms with van der Waals surface area (Å²) in [6.45, 7) is 3.07. The van der Waals surface area contributed by atoms with E-state index in [1.165, 1.54) is 46.8 Å². The van der Waals surface area contributed by atoms with E-state index in [0.29, 0.717) is 0 Å². The summed E-state index contributed by atoms with van der Waals surface area (Å²) < 4.78 is 348. The lowest BCUT2D eigenvalue weighted by Gasteiger charge is -2.46. The van der Waals surface area contributed by atoms with E-state index in [1.54, 1.807) is 0 Å². The van der Waals surface area contributed by atoms with Crippen LogP contribution in [0.15, 0.2) is 121 Å². The van der Waals surface area contributed by atoms with Gasteiger partial charge < -0.3 is 4.74 Å². The van der Waals surface area contributed by atoms with Gasteiger partial charge in [0.05, 0.1) is 51.1 Å². The topological polar surface area (TPSA) is 9.23 Å². The van der Waals surface area contributed by atoms with Gasteiger partial charge in [0.1, 0.15) is 11.9 Å². The van der Waals surface area contributed by atoms with E-state index in [1.807, 2.05) is 22.6 Å². The molecule has 0 aliphatic heterocycles. The molecule has 0 aliphatic rings. The molecule has 0 aromatic heterocycles. The number of benzene rings is 6. The van der Waals surface area contributed by atoms with E-state index in [2.05, 4.69) is 55.5 Å². The standard InChI is InChI=1S/C32H12BF24.C20H26IO/c34-25(35,36)13-1-14(26(37,38)39)6-21(5-13)33(22-7-15(27(40,41)42)2-16(8-22)28(43,44)45,23-9-17(29(46,47)48)3-18(10-23)30(49,50)51)24-11-19(31(52,53)54)4-20(12-24)32(55,56)57;1-2-3-4-5-6-9-16-22-20-11-8-7-10-19(20)17-12-14-18(21)15-13-17/h1-12H;7-8,10-15,21H,2-6,9,16H2,1H3/q-1;+1. The average molecular weight is 1270 g/mol. The van der Waals surface area contributed by atoms with Gasteiger partial charge >= 0.3 is 49.4 Å². The van der Waals surface area contributed by atoms with Gasteiger partial charge in [0, 0.05) is 5.56 Å². The van der Waals surface area contributed by atoms with Crippen LogP contribution >= 0.6 is 0 Å². The van der Waals surface area contributed by atoms with Gasteiger partial charge in [-0.1, -0.05) is 106 Å². The van der Waals surface area contributed by atoms with E-state index in [0.717, 1.165) is 18.8 Å². The number of hydrogen-bond donors (Lipinski definition) is 0. The van der Waals surface area contributed by atoms with Crippen LogP contribution in [0.4, 0.5) is 105 Å². The maximum atomic E-state index is 14.2. The molecular weight excluding hydrogens is 1230 g/mol. The summed E-state index contributed by atoms with van der Waals surface area (Å²) in [4.78, 5) is 0. The molecule has 6 rings (SSSR count). The van der Waals surface area contributed by atoms with Gasteiger partial charge in [-0.2, -0.15) is 127 Å². The first-order valence-electron chi connectivity index (χ1n) is 22.9. The fourth-order valence-corrected chi connectivity index (χ4v) is 8.99. The third-order valence-electron chi connectivity index (χ3n) is 12.2. The zero-order valence-corrected chi connectivity index (χ0v) is 42.3. The molecule has 0 aliphatic carbocycles. The highest BCUT2D eigenvalue weighted by Crippen LogP contribution is 2.42. The summed E-state index contributed by atoms with van der Waals surface area (Å²) >= 11 is 2.04. The number of rotatable bonds is 13. The van der Waals surface area contributed by atoms with E-state index in [-0.39, 0.29) is 0 Å². The first-order chi connectivity index (χ1) is 36.1. The monoisotopic (exact) mass is 1270 g/mol. The van der Waals surface area contributed by atoms with Gasteiger partial charge in [-0.05, 0) is 66.6 Å². The van der Waals surface area contributed by atoms with Gasteiger partial charge in [0.2, 0.25) is 0 Å². The van der Waals surface area contributed by atoms with Crippen molar-refractivity contribution in [1.82, 2.24) is 0 Å². The number of ether oxygens (including phenoxy) is 1. The quantitative estimate of drug-likeness (QED) is 0.0485. The Balaban J connectivity index is 0.000000433. The molecule has 6 aromatic rings. The Morgan fingerprint density at radius 3 is 0.886 bits per heavy atom. The van der Waals surface area contributed by atoms with Crippen molar-refractivity contribution in [1.29, 1.82) is 0 Å². The van der Waals surface area contributed by atoms with Crippen LogP contribution < -0.4 is 49.2 Å². The highest BCUT2D eigenvalue weighted by Gasteiger charge is 2.47. The Kier molecular flexibility index (Phi) is 19.3. The Labute approximate surface area is 447 Å². The molecule has 1 nitrogen and oxygen atoms in total. The van der Waals surface area contributed by atoms with Gasteiger partial charge in [0.15, 0.2) is 3.57 Å². The van der Waals surface area contributed by atoms with Gasteiger partial charge in [-0.15, -0.1) is 0 Å². The predicted octanol–water partition coefficient (Wildman–Crippen LogP) is 13.8. The lowest BCUT2D eigenvalue weighted by atomic mass is 9.12. The largest absolute Gasteiger partial charge is 0.493 e. The molecular formula is C52H38BF24IO. The molecule has 0 atom stereocenters. The van der Waals surface area contributed by atoms with Crippen LogP contribution in [-0.4, -0.2) is 12.8 Å². The number of para-hydroxylation sites is 1. The zero-order valence-electron chi connectivity index (χ0n) is 40.0. The van der Waals surface area contributed by atoms with Crippen molar-refractivity contribution in [3.63, 3.8) is 0 Å². The SMILES string of the molecule is CCCCCCCCOc1ccccc1-c1ccc([IH+])cc1.FC(F)(F)c1cc([B-](c2cc(C(F)(F)F)cc(C(F)(F)F)c2)(c2cc(C(F)(F)F)cc(C(F)(F)F)c2)c2cc(C(F)(F)F)cc(C(F)(F)F)c2)cc(C(F)(F)F)c1. The van der Waals surface area contributed by atoms with Crippen LogP contribution in [0, 0.1) is 3.57 Å². The Morgan fingerprint density at radius 2 is 0.608 bits per heavy atom. The van der Waals surface area contributed by atoms with Crippen molar-refractivity contribution in [2.45, 2.75) is 94.9 Å². The first-order valence-corrected chi connectivity index (χ1v) is 24.1. The minimum atomic E-state index is -6.13. The zero-order chi connectivity index (χ0) is 59.5. The fourth-order valence-electron chi connectivity index (χ4n) is 8.60. The second-order valence-corrected chi connectivity index (χ2v) is 19.2. The predicted molar refractivity (Wildman–Crippen MR) is 241 cm³/mol. The summed E-state index contributed by atoms with van der Waals surface area (Å²) in [6.07, 6.45) is -47.0. The maximum Gasteiger partial charge on any atom is 0.416 e. The minimum Gasteiger partial charge on any atom is -0.493 e. The molecule has 0 spiro atoms. The molecule has 0 unspecified atom stereocenters. The molecule has 0 bridgehead atoms. The molecule has 0 saturated carbocycles. The third-order valence-corrected chi connectivity index (χ3v) is 13.0. The summed E-state index contributed by atoms with van der Waals surface area (Å²) in [5.41, 5.74) is -27.8. The van der Waals surface area contributed by atoms with Gasteiger partial charge in [-0.25, -0.2) is 0 Å². The second-order valence-electron chi connectivity index (χ2n) is 17.9. The van der Waals surface area contributed by atoms with Crippen LogP contribution in [0.5, 0.6) is 5.75 Å². The fraction of sp³-hybridized carbons (Fsp3) is 0.308. The molecule has 0 radical (unpaired) electrons. The summed E-state index contributed by atoms with van der Waals surface area (Å²) in [7, 11) is 0. The van der Waals surface area contributed by atoms with Gasteiger partial charge in [-0.3, -0.25) is 0 Å². The molecule has 430 valence electrons. The number of halogens is 25. The Morgan fingerprint density at radius 1 is 0.342 bits per heavy atom. The third kappa shape index (κ3) is 16.2. The van der Waals surface area contributed by atoms with E-state index in [9.17, 15) is 105 Å².